The molecule has 2 fully saturated rings. The van der Waals surface area contributed by atoms with Gasteiger partial charge in [-0.05, 0) is 31.4 Å². The van der Waals surface area contributed by atoms with Crippen molar-refractivity contribution in [2.75, 3.05) is 19.7 Å². The first-order valence-electron chi connectivity index (χ1n) is 7.62. The van der Waals surface area contributed by atoms with Crippen molar-refractivity contribution in [3.05, 3.63) is 36.3 Å². The Kier molecular flexibility index (Phi) is 3.45. The molecule has 2 aromatic rings. The van der Waals surface area contributed by atoms with E-state index in [9.17, 15) is 8.78 Å². The van der Waals surface area contributed by atoms with Gasteiger partial charge in [-0.15, -0.1) is 0 Å². The molecule has 7 heteroatoms. The van der Waals surface area contributed by atoms with Crippen LogP contribution in [0.3, 0.4) is 0 Å². The zero-order valence-electron chi connectivity index (χ0n) is 12.5. The van der Waals surface area contributed by atoms with Gasteiger partial charge in [-0.3, -0.25) is 9.88 Å². The Bertz CT molecular complexity index is 782. The first kappa shape index (κ1) is 14.4. The summed E-state index contributed by atoms with van der Waals surface area (Å²) in [7, 11) is 0. The van der Waals surface area contributed by atoms with E-state index in [0.717, 1.165) is 31.2 Å². The Balaban J connectivity index is 1.56. The maximum absolute atomic E-state index is 13.8. The van der Waals surface area contributed by atoms with Gasteiger partial charge in [-0.25, -0.2) is 13.8 Å². The van der Waals surface area contributed by atoms with Gasteiger partial charge >= 0.3 is 6.01 Å². The lowest BCUT2D eigenvalue weighted by atomic mass is 9.94. The molecule has 2 aliphatic heterocycles. The van der Waals surface area contributed by atoms with Gasteiger partial charge < -0.3 is 4.74 Å². The molecule has 1 atom stereocenters. The van der Waals surface area contributed by atoms with Gasteiger partial charge in [-0.1, -0.05) is 0 Å². The van der Waals surface area contributed by atoms with Crippen molar-refractivity contribution in [3.8, 4) is 6.01 Å². The second kappa shape index (κ2) is 5.49. The maximum atomic E-state index is 13.8. The summed E-state index contributed by atoms with van der Waals surface area (Å²) < 4.78 is 32.4. The molecule has 0 aliphatic carbocycles. The van der Waals surface area contributed by atoms with Gasteiger partial charge in [0.15, 0.2) is 5.82 Å². The van der Waals surface area contributed by atoms with Crippen molar-refractivity contribution >= 4 is 10.9 Å². The number of hydrogen-bond donors (Lipinski definition) is 0. The van der Waals surface area contributed by atoms with Crippen molar-refractivity contribution in [2.24, 2.45) is 0 Å². The fourth-order valence-corrected chi connectivity index (χ4v) is 3.63. The third-order valence-corrected chi connectivity index (χ3v) is 4.74. The molecule has 0 amide bonds. The molecule has 0 saturated carbocycles. The fourth-order valence-electron chi connectivity index (χ4n) is 3.63. The zero-order chi connectivity index (χ0) is 15.9. The molecule has 2 saturated heterocycles. The molecule has 0 bridgehead atoms. The number of fused-ring (bicyclic) bond motifs is 2. The van der Waals surface area contributed by atoms with E-state index in [1.807, 2.05) is 0 Å². The van der Waals surface area contributed by atoms with Gasteiger partial charge in [0.1, 0.15) is 12.1 Å². The molecular weight excluding hydrogens is 302 g/mol. The molecule has 0 aromatic carbocycles. The predicted octanol–water partition coefficient (Wildman–Crippen LogP) is 2.63. The van der Waals surface area contributed by atoms with Crippen LogP contribution in [0, 0.1) is 5.82 Å². The van der Waals surface area contributed by atoms with Crippen molar-refractivity contribution < 1.29 is 13.5 Å². The Morgan fingerprint density at radius 3 is 3.13 bits per heavy atom. The summed E-state index contributed by atoms with van der Waals surface area (Å²) in [5, 5.41) is 0.529. The lowest BCUT2D eigenvalue weighted by Gasteiger charge is -2.30. The van der Waals surface area contributed by atoms with E-state index in [2.05, 4.69) is 19.9 Å². The highest BCUT2D eigenvalue weighted by Gasteiger charge is 2.47. The van der Waals surface area contributed by atoms with Crippen LogP contribution in [0.15, 0.2) is 30.5 Å². The molecule has 0 unspecified atom stereocenters. The summed E-state index contributed by atoms with van der Waals surface area (Å²) in [4.78, 5) is 14.3. The fraction of sp³-hybridized carbons (Fsp3) is 0.438. The summed E-state index contributed by atoms with van der Waals surface area (Å²) >= 11 is 0. The highest BCUT2D eigenvalue weighted by molar-refractivity contribution is 5.77. The highest BCUT2D eigenvalue weighted by atomic mass is 19.1. The van der Waals surface area contributed by atoms with Crippen LogP contribution < -0.4 is 4.74 Å². The van der Waals surface area contributed by atoms with Gasteiger partial charge in [-0.2, -0.15) is 4.98 Å². The highest BCUT2D eigenvalue weighted by Crippen LogP contribution is 2.41. The largest absolute Gasteiger partial charge is 0.461 e. The number of rotatable bonds is 3. The van der Waals surface area contributed by atoms with Crippen LogP contribution in [0.2, 0.25) is 0 Å². The standard InChI is InChI=1S/C16H16F2N4O/c17-5-11-4-16(2-1-3-22(16)9-11)10-23-15-20-7-12-6-19-8-13(18)14(12)21-15/h5-8H,1-4,9-10H2/b11-5-/t16-/m0/s1. The molecule has 5 nitrogen and oxygen atoms in total. The topological polar surface area (TPSA) is 51.1 Å². The van der Waals surface area contributed by atoms with E-state index >= 15 is 0 Å². The Hall–Kier alpha value is -2.15. The van der Waals surface area contributed by atoms with Crippen LogP contribution in [0.25, 0.3) is 10.9 Å². The summed E-state index contributed by atoms with van der Waals surface area (Å²) in [5.41, 5.74) is 0.805. The van der Waals surface area contributed by atoms with Crippen LogP contribution in [0.4, 0.5) is 8.78 Å². The number of pyridine rings is 1. The summed E-state index contributed by atoms with van der Waals surface area (Å²) in [6, 6.07) is 0.140. The number of hydrogen-bond acceptors (Lipinski definition) is 5. The van der Waals surface area contributed by atoms with Crippen LogP contribution in [0.1, 0.15) is 19.3 Å². The molecule has 4 heterocycles. The molecule has 23 heavy (non-hydrogen) atoms. The van der Waals surface area contributed by atoms with Crippen molar-refractivity contribution in [1.82, 2.24) is 19.9 Å². The number of halogens is 2. The lowest BCUT2D eigenvalue weighted by molar-refractivity contribution is 0.108. The van der Waals surface area contributed by atoms with Crippen molar-refractivity contribution in [1.29, 1.82) is 0 Å². The van der Waals surface area contributed by atoms with Crippen molar-refractivity contribution in [2.45, 2.75) is 24.8 Å². The average molecular weight is 318 g/mol. The Morgan fingerprint density at radius 1 is 1.35 bits per heavy atom. The lowest BCUT2D eigenvalue weighted by Crippen LogP contribution is -2.43. The van der Waals surface area contributed by atoms with Crippen molar-refractivity contribution in [3.63, 3.8) is 0 Å². The minimum atomic E-state index is -0.501. The minimum absolute atomic E-state index is 0.140. The third kappa shape index (κ3) is 2.45. The van der Waals surface area contributed by atoms with Gasteiger partial charge in [0.25, 0.3) is 0 Å². The van der Waals surface area contributed by atoms with E-state index in [1.165, 1.54) is 12.4 Å². The molecule has 120 valence electrons. The molecular formula is C16H16F2N4O. The third-order valence-electron chi connectivity index (χ3n) is 4.74. The molecule has 2 aliphatic rings. The van der Waals surface area contributed by atoms with E-state index < -0.39 is 5.82 Å². The predicted molar refractivity (Wildman–Crippen MR) is 80.1 cm³/mol. The smallest absolute Gasteiger partial charge is 0.317 e. The van der Waals surface area contributed by atoms with E-state index in [-0.39, 0.29) is 17.1 Å². The maximum Gasteiger partial charge on any atom is 0.317 e. The van der Waals surface area contributed by atoms with Gasteiger partial charge in [0.2, 0.25) is 0 Å². The molecule has 0 N–H and O–H groups in total. The van der Waals surface area contributed by atoms with E-state index in [0.29, 0.717) is 31.3 Å². The van der Waals surface area contributed by atoms with E-state index in [4.69, 9.17) is 4.74 Å². The summed E-state index contributed by atoms with van der Waals surface area (Å²) in [5.74, 6) is -0.501. The van der Waals surface area contributed by atoms with Crippen LogP contribution >= 0.6 is 0 Å². The van der Waals surface area contributed by atoms with Crippen LogP contribution in [0.5, 0.6) is 6.01 Å². The first-order chi connectivity index (χ1) is 11.2. The quantitative estimate of drug-likeness (QED) is 0.871. The SMILES string of the molecule is F/C=C1\CN2CCC[C@@]2(COc2ncc3cncc(F)c3n2)C1. The molecule has 0 spiro atoms. The van der Waals surface area contributed by atoms with Crippen LogP contribution in [-0.4, -0.2) is 45.1 Å². The number of aromatic nitrogens is 3. The molecule has 4 rings (SSSR count). The number of ether oxygens (including phenoxy) is 1. The minimum Gasteiger partial charge on any atom is -0.461 e. The van der Waals surface area contributed by atoms with Gasteiger partial charge in [0.05, 0.1) is 18.1 Å². The second-order valence-corrected chi connectivity index (χ2v) is 6.19. The Morgan fingerprint density at radius 2 is 2.26 bits per heavy atom. The molecule has 2 aromatic heterocycles. The first-order valence-corrected chi connectivity index (χ1v) is 7.62. The monoisotopic (exact) mass is 318 g/mol. The van der Waals surface area contributed by atoms with E-state index in [1.54, 1.807) is 0 Å². The molecule has 0 radical (unpaired) electrons. The average Bonchev–Trinajstić information content (AvgIpc) is 3.10. The second-order valence-electron chi connectivity index (χ2n) is 6.19. The number of nitrogens with zero attached hydrogens (tertiary/aromatic N) is 4. The summed E-state index contributed by atoms with van der Waals surface area (Å²) in [6.07, 6.45) is 7.52. The Labute approximate surface area is 132 Å². The zero-order valence-corrected chi connectivity index (χ0v) is 12.5. The summed E-state index contributed by atoms with van der Waals surface area (Å²) in [6.45, 7) is 1.97. The van der Waals surface area contributed by atoms with Crippen LogP contribution in [-0.2, 0) is 0 Å². The normalized spacial score (nSPS) is 26.1. The van der Waals surface area contributed by atoms with Gasteiger partial charge in [0, 0.05) is 24.3 Å².